The summed E-state index contributed by atoms with van der Waals surface area (Å²) in [6.45, 7) is 8.12. The Morgan fingerprint density at radius 1 is 1.05 bits per heavy atom. The molecule has 198 valence electrons. The monoisotopic (exact) mass is 506 g/mol. The molecule has 0 atom stereocenters. The Morgan fingerprint density at radius 2 is 1.78 bits per heavy atom. The van der Waals surface area contributed by atoms with Crippen LogP contribution in [0.5, 0.6) is 5.75 Å². The highest BCUT2D eigenvalue weighted by atomic mass is 19.1. The summed E-state index contributed by atoms with van der Waals surface area (Å²) in [7, 11) is 5.87. The molecule has 0 N–H and O–H groups in total. The number of hydrogen-bond donors (Lipinski definition) is 0. The van der Waals surface area contributed by atoms with Crippen LogP contribution in [-0.4, -0.2) is 85.6 Å². The van der Waals surface area contributed by atoms with Crippen LogP contribution in [0.1, 0.15) is 23.2 Å². The molecule has 0 radical (unpaired) electrons. The zero-order valence-electron chi connectivity index (χ0n) is 22.5. The van der Waals surface area contributed by atoms with Gasteiger partial charge in [-0.1, -0.05) is 12.1 Å². The third-order valence-corrected chi connectivity index (χ3v) is 7.27. The zero-order chi connectivity index (χ0) is 26.4. The Morgan fingerprint density at radius 3 is 2.46 bits per heavy atom. The molecule has 1 saturated heterocycles. The van der Waals surface area contributed by atoms with Crippen molar-refractivity contribution in [3.8, 4) is 5.75 Å². The summed E-state index contributed by atoms with van der Waals surface area (Å²) in [6, 6.07) is 12.9. The Labute approximate surface area is 219 Å². The highest BCUT2D eigenvalue weighted by Gasteiger charge is 2.20. The second-order valence-electron chi connectivity index (χ2n) is 10.1. The topological polar surface area (TPSA) is 41.0 Å². The van der Waals surface area contributed by atoms with Gasteiger partial charge in [-0.2, -0.15) is 0 Å². The summed E-state index contributed by atoms with van der Waals surface area (Å²) < 4.78 is 21.0. The van der Waals surface area contributed by atoms with Crippen LogP contribution in [-0.2, 0) is 17.8 Å². The lowest BCUT2D eigenvalue weighted by Gasteiger charge is -2.34. The molecule has 7 heteroatoms. The van der Waals surface area contributed by atoms with E-state index < -0.39 is 0 Å². The van der Waals surface area contributed by atoms with Gasteiger partial charge in [-0.25, -0.2) is 4.39 Å². The first kappa shape index (κ1) is 26.9. The molecule has 0 unspecified atom stereocenters. The van der Waals surface area contributed by atoms with Crippen molar-refractivity contribution in [3.05, 3.63) is 71.2 Å². The summed E-state index contributed by atoms with van der Waals surface area (Å²) in [5, 5.41) is 1.11. The Balaban J connectivity index is 1.40. The lowest BCUT2D eigenvalue weighted by atomic mass is 10.1. The van der Waals surface area contributed by atoms with E-state index in [1.165, 1.54) is 17.6 Å². The first-order valence-corrected chi connectivity index (χ1v) is 13.1. The molecular formula is C30H39FN4O2. The van der Waals surface area contributed by atoms with E-state index in [9.17, 15) is 9.18 Å². The number of benzene rings is 2. The number of carbonyl (C=O) groups excluding carboxylic acids is 1. The number of amides is 1. The minimum Gasteiger partial charge on any atom is -0.497 e. The summed E-state index contributed by atoms with van der Waals surface area (Å²) in [5.74, 6) is 0.664. The van der Waals surface area contributed by atoms with Gasteiger partial charge in [0.25, 0.3) is 0 Å². The fourth-order valence-electron chi connectivity index (χ4n) is 5.05. The molecule has 1 fully saturated rings. The summed E-state index contributed by atoms with van der Waals surface area (Å²) in [6.07, 6.45) is 5.63. The average Bonchev–Trinajstić information content (AvgIpc) is 3.16. The lowest BCUT2D eigenvalue weighted by molar-refractivity contribution is -0.127. The highest BCUT2D eigenvalue weighted by Crippen LogP contribution is 2.30. The van der Waals surface area contributed by atoms with Gasteiger partial charge in [-0.15, -0.1) is 0 Å². The van der Waals surface area contributed by atoms with Gasteiger partial charge >= 0.3 is 0 Å². The van der Waals surface area contributed by atoms with Crippen LogP contribution in [0.2, 0.25) is 0 Å². The van der Waals surface area contributed by atoms with Crippen LogP contribution in [0.4, 0.5) is 4.39 Å². The van der Waals surface area contributed by atoms with Crippen LogP contribution in [0, 0.1) is 12.7 Å². The molecule has 3 aromatic rings. The minimum absolute atomic E-state index is 0.0500. The van der Waals surface area contributed by atoms with Gasteiger partial charge in [0, 0.05) is 67.5 Å². The third kappa shape index (κ3) is 6.79. The highest BCUT2D eigenvalue weighted by molar-refractivity contribution is 5.98. The molecule has 1 amide bonds. The molecule has 4 rings (SSSR count). The minimum atomic E-state index is -0.202. The van der Waals surface area contributed by atoms with Crippen LogP contribution in [0.25, 0.3) is 17.0 Å². The van der Waals surface area contributed by atoms with Crippen molar-refractivity contribution < 1.29 is 13.9 Å². The number of aromatic nitrogens is 1. The van der Waals surface area contributed by atoms with Crippen molar-refractivity contribution in [3.63, 3.8) is 0 Å². The predicted octanol–water partition coefficient (Wildman–Crippen LogP) is 4.45. The number of ether oxygens (including phenoxy) is 1. The molecule has 0 aliphatic carbocycles. The number of methoxy groups -OCH3 is 1. The molecule has 2 aromatic carbocycles. The standard InChI is InChI=1S/C30H39FN4O2/c1-23-27(28-22-26(37-4)10-12-29(28)35(23)16-5-15-32(2)3)11-13-30(36)34-20-18-33(19-21-34)17-14-24-6-8-25(31)9-7-24/h6-13,22H,5,14-21H2,1-4H3/b13-11+. The first-order chi connectivity index (χ1) is 17.9. The second-order valence-corrected chi connectivity index (χ2v) is 10.1. The van der Waals surface area contributed by atoms with Crippen molar-refractivity contribution in [2.75, 3.05) is 60.5 Å². The number of aryl methyl sites for hydroxylation is 1. The number of piperazine rings is 1. The molecule has 0 spiro atoms. The van der Waals surface area contributed by atoms with E-state index in [0.717, 1.165) is 73.5 Å². The van der Waals surface area contributed by atoms with Gasteiger partial charge < -0.3 is 19.1 Å². The lowest BCUT2D eigenvalue weighted by Crippen LogP contribution is -2.48. The second kappa shape index (κ2) is 12.4. The molecule has 2 heterocycles. The van der Waals surface area contributed by atoms with E-state index in [2.05, 4.69) is 47.5 Å². The molecular weight excluding hydrogens is 467 g/mol. The maximum Gasteiger partial charge on any atom is 0.246 e. The van der Waals surface area contributed by atoms with E-state index in [1.54, 1.807) is 13.2 Å². The predicted molar refractivity (Wildman–Crippen MR) is 149 cm³/mol. The van der Waals surface area contributed by atoms with Gasteiger partial charge in [0.1, 0.15) is 11.6 Å². The fourth-order valence-corrected chi connectivity index (χ4v) is 5.05. The summed E-state index contributed by atoms with van der Waals surface area (Å²) >= 11 is 0. The number of hydrogen-bond acceptors (Lipinski definition) is 4. The van der Waals surface area contributed by atoms with Crippen molar-refractivity contribution in [1.82, 2.24) is 19.3 Å². The van der Waals surface area contributed by atoms with Crippen molar-refractivity contribution >= 4 is 22.9 Å². The van der Waals surface area contributed by atoms with Crippen molar-refractivity contribution in [2.45, 2.75) is 26.3 Å². The molecule has 1 aliphatic heterocycles. The molecule has 37 heavy (non-hydrogen) atoms. The van der Waals surface area contributed by atoms with Crippen LogP contribution in [0.15, 0.2) is 48.5 Å². The largest absolute Gasteiger partial charge is 0.497 e. The maximum absolute atomic E-state index is 13.1. The van der Waals surface area contributed by atoms with Crippen molar-refractivity contribution in [1.29, 1.82) is 0 Å². The quantitative estimate of drug-likeness (QED) is 0.381. The zero-order valence-corrected chi connectivity index (χ0v) is 22.5. The Hall–Kier alpha value is -3.16. The number of nitrogens with zero attached hydrogens (tertiary/aromatic N) is 4. The molecule has 0 saturated carbocycles. The summed E-state index contributed by atoms with van der Waals surface area (Å²) in [4.78, 5) is 19.6. The van der Waals surface area contributed by atoms with E-state index >= 15 is 0 Å². The molecule has 1 aromatic heterocycles. The van der Waals surface area contributed by atoms with Crippen LogP contribution >= 0.6 is 0 Å². The van der Waals surface area contributed by atoms with Crippen molar-refractivity contribution in [2.24, 2.45) is 0 Å². The van der Waals surface area contributed by atoms with Crippen LogP contribution < -0.4 is 4.74 Å². The third-order valence-electron chi connectivity index (χ3n) is 7.27. The number of halogens is 1. The Kier molecular flexibility index (Phi) is 9.00. The van der Waals surface area contributed by atoms with Gasteiger partial charge in [0.05, 0.1) is 7.11 Å². The van der Waals surface area contributed by atoms with Crippen LogP contribution in [0.3, 0.4) is 0 Å². The number of fused-ring (bicyclic) bond motifs is 1. The first-order valence-electron chi connectivity index (χ1n) is 13.1. The van der Waals surface area contributed by atoms with E-state index in [0.29, 0.717) is 13.1 Å². The molecule has 6 nitrogen and oxygen atoms in total. The normalized spacial score (nSPS) is 14.8. The van der Waals surface area contributed by atoms with Gasteiger partial charge in [-0.3, -0.25) is 9.69 Å². The molecule has 0 bridgehead atoms. The van der Waals surface area contributed by atoms with E-state index in [-0.39, 0.29) is 11.7 Å². The summed E-state index contributed by atoms with van der Waals surface area (Å²) in [5.41, 5.74) is 4.54. The van der Waals surface area contributed by atoms with Gasteiger partial charge in [-0.05, 0) is 82.4 Å². The van der Waals surface area contributed by atoms with Gasteiger partial charge in [0.2, 0.25) is 5.91 Å². The average molecular weight is 507 g/mol. The number of carbonyl (C=O) groups is 1. The smallest absolute Gasteiger partial charge is 0.246 e. The fraction of sp³-hybridized carbons (Fsp3) is 0.433. The van der Waals surface area contributed by atoms with E-state index in [1.807, 2.05) is 29.2 Å². The number of rotatable bonds is 10. The SMILES string of the molecule is COc1ccc2c(c1)c(/C=C/C(=O)N1CCN(CCc3ccc(F)cc3)CC1)c(C)n2CCCN(C)C. The Bertz CT molecular complexity index is 1220. The van der Waals surface area contributed by atoms with Gasteiger partial charge in [0.15, 0.2) is 0 Å². The van der Waals surface area contributed by atoms with E-state index in [4.69, 9.17) is 4.74 Å². The maximum atomic E-state index is 13.1. The molecule has 1 aliphatic rings.